The van der Waals surface area contributed by atoms with Crippen molar-refractivity contribution in [3.63, 3.8) is 0 Å². The maximum Gasteiger partial charge on any atom is 0.225 e. The molecule has 2 aliphatic heterocycles. The van der Waals surface area contributed by atoms with Crippen molar-refractivity contribution >= 4 is 11.8 Å². The molecule has 0 aromatic carbocycles. The van der Waals surface area contributed by atoms with Crippen LogP contribution in [-0.4, -0.2) is 60.9 Å². The second-order valence-electron chi connectivity index (χ2n) is 5.21. The van der Waals surface area contributed by atoms with E-state index in [2.05, 4.69) is 5.32 Å². The SMILES string of the molecule is CC(=O)N1CCN(C(=O)[C@@H]2CCCNCC2)CC1. The van der Waals surface area contributed by atoms with E-state index >= 15 is 0 Å². The average Bonchev–Trinajstić information content (AvgIpc) is 2.67. The highest BCUT2D eigenvalue weighted by Crippen LogP contribution is 2.17. The second kappa shape index (κ2) is 6.18. The molecule has 2 fully saturated rings. The number of hydrogen-bond donors (Lipinski definition) is 1. The lowest BCUT2D eigenvalue weighted by Crippen LogP contribution is -2.51. The number of nitrogens with one attached hydrogen (secondary N) is 1. The fourth-order valence-corrected chi connectivity index (χ4v) is 2.77. The molecule has 5 nitrogen and oxygen atoms in total. The minimum atomic E-state index is 0.112. The van der Waals surface area contributed by atoms with Crippen LogP contribution >= 0.6 is 0 Å². The fourth-order valence-electron chi connectivity index (χ4n) is 2.77. The zero-order valence-corrected chi connectivity index (χ0v) is 11.2. The fraction of sp³-hybridized carbons (Fsp3) is 0.846. The lowest BCUT2D eigenvalue weighted by molar-refractivity contribution is -0.141. The minimum Gasteiger partial charge on any atom is -0.339 e. The van der Waals surface area contributed by atoms with Crippen LogP contribution in [-0.2, 0) is 9.59 Å². The van der Waals surface area contributed by atoms with E-state index in [0.29, 0.717) is 32.1 Å². The Labute approximate surface area is 108 Å². The van der Waals surface area contributed by atoms with E-state index in [1.54, 1.807) is 6.92 Å². The summed E-state index contributed by atoms with van der Waals surface area (Å²) >= 11 is 0. The van der Waals surface area contributed by atoms with Crippen LogP contribution in [0.15, 0.2) is 0 Å². The highest BCUT2D eigenvalue weighted by Gasteiger charge is 2.28. The number of carbonyl (C=O) groups is 2. The highest BCUT2D eigenvalue weighted by atomic mass is 16.2. The smallest absolute Gasteiger partial charge is 0.225 e. The number of hydrogen-bond acceptors (Lipinski definition) is 3. The third-order valence-electron chi connectivity index (χ3n) is 3.96. The van der Waals surface area contributed by atoms with Crippen LogP contribution in [0.25, 0.3) is 0 Å². The summed E-state index contributed by atoms with van der Waals surface area (Å²) in [7, 11) is 0. The van der Waals surface area contributed by atoms with Crippen LogP contribution in [0.4, 0.5) is 0 Å². The monoisotopic (exact) mass is 253 g/mol. The van der Waals surface area contributed by atoms with Gasteiger partial charge in [-0.2, -0.15) is 0 Å². The Kier molecular flexibility index (Phi) is 4.58. The summed E-state index contributed by atoms with van der Waals surface area (Å²) in [5.74, 6) is 0.589. The quantitative estimate of drug-likeness (QED) is 0.719. The molecule has 0 radical (unpaired) electrons. The van der Waals surface area contributed by atoms with Gasteiger partial charge < -0.3 is 15.1 Å². The van der Waals surface area contributed by atoms with E-state index in [-0.39, 0.29) is 11.8 Å². The molecule has 1 N–H and O–H groups in total. The van der Waals surface area contributed by atoms with E-state index in [4.69, 9.17) is 0 Å². The molecule has 0 unspecified atom stereocenters. The van der Waals surface area contributed by atoms with Crippen LogP contribution in [0.5, 0.6) is 0 Å². The molecule has 5 heteroatoms. The van der Waals surface area contributed by atoms with Crippen molar-refractivity contribution in [2.45, 2.75) is 26.2 Å². The molecular weight excluding hydrogens is 230 g/mol. The van der Waals surface area contributed by atoms with Crippen LogP contribution in [0, 0.1) is 5.92 Å². The molecule has 0 aromatic heterocycles. The Morgan fingerprint density at radius 3 is 2.33 bits per heavy atom. The zero-order valence-electron chi connectivity index (χ0n) is 11.2. The van der Waals surface area contributed by atoms with E-state index in [1.165, 1.54) is 0 Å². The number of rotatable bonds is 1. The van der Waals surface area contributed by atoms with Crippen molar-refractivity contribution in [1.82, 2.24) is 15.1 Å². The molecule has 18 heavy (non-hydrogen) atoms. The minimum absolute atomic E-state index is 0.112. The van der Waals surface area contributed by atoms with Gasteiger partial charge in [0.1, 0.15) is 0 Å². The van der Waals surface area contributed by atoms with Gasteiger partial charge in [-0.3, -0.25) is 9.59 Å². The molecule has 2 rings (SSSR count). The molecule has 1 atom stereocenters. The molecular formula is C13H23N3O2. The topological polar surface area (TPSA) is 52.7 Å². The van der Waals surface area contributed by atoms with Gasteiger partial charge in [0, 0.05) is 39.0 Å². The lowest BCUT2D eigenvalue weighted by atomic mass is 9.98. The van der Waals surface area contributed by atoms with Gasteiger partial charge in [0.15, 0.2) is 0 Å². The first-order valence-electron chi connectivity index (χ1n) is 6.93. The van der Waals surface area contributed by atoms with Crippen molar-refractivity contribution < 1.29 is 9.59 Å². The number of piperazine rings is 1. The van der Waals surface area contributed by atoms with E-state index in [0.717, 1.165) is 32.4 Å². The number of carbonyl (C=O) groups excluding carboxylic acids is 2. The molecule has 0 saturated carbocycles. The number of amides is 2. The lowest BCUT2D eigenvalue weighted by Gasteiger charge is -2.36. The Bertz CT molecular complexity index is 303. The summed E-state index contributed by atoms with van der Waals surface area (Å²) in [5, 5.41) is 3.33. The predicted octanol–water partition coefficient (Wildman–Crippen LogP) is 0.0668. The molecule has 102 valence electrons. The average molecular weight is 253 g/mol. The van der Waals surface area contributed by atoms with Crippen LogP contribution < -0.4 is 5.32 Å². The molecule has 0 aromatic rings. The van der Waals surface area contributed by atoms with Gasteiger partial charge in [0.05, 0.1) is 0 Å². The molecule has 2 aliphatic rings. The standard InChI is InChI=1S/C13H23N3O2/c1-11(17)15-7-9-16(10-8-15)13(18)12-3-2-5-14-6-4-12/h12,14H,2-10H2,1H3/t12-/m1/s1. The molecule has 2 amide bonds. The number of nitrogens with zero attached hydrogens (tertiary/aromatic N) is 2. The van der Waals surface area contributed by atoms with Crippen LogP contribution in [0.1, 0.15) is 26.2 Å². The van der Waals surface area contributed by atoms with Gasteiger partial charge in [0.25, 0.3) is 0 Å². The van der Waals surface area contributed by atoms with Gasteiger partial charge in [-0.05, 0) is 32.4 Å². The summed E-state index contributed by atoms with van der Waals surface area (Å²) in [4.78, 5) is 27.4. The Morgan fingerprint density at radius 2 is 1.67 bits per heavy atom. The Hall–Kier alpha value is -1.10. The normalized spacial score (nSPS) is 25.7. The molecule has 0 spiro atoms. The summed E-state index contributed by atoms with van der Waals surface area (Å²) in [6.07, 6.45) is 3.04. The third-order valence-corrected chi connectivity index (χ3v) is 3.96. The summed E-state index contributed by atoms with van der Waals surface area (Å²) in [6, 6.07) is 0. The predicted molar refractivity (Wildman–Crippen MR) is 69.0 cm³/mol. The van der Waals surface area contributed by atoms with E-state index in [9.17, 15) is 9.59 Å². The van der Waals surface area contributed by atoms with E-state index in [1.807, 2.05) is 9.80 Å². The van der Waals surface area contributed by atoms with Crippen molar-refractivity contribution in [3.8, 4) is 0 Å². The van der Waals surface area contributed by atoms with Crippen molar-refractivity contribution in [3.05, 3.63) is 0 Å². The summed E-state index contributed by atoms with van der Waals surface area (Å²) in [5.41, 5.74) is 0. The van der Waals surface area contributed by atoms with Crippen molar-refractivity contribution in [1.29, 1.82) is 0 Å². The second-order valence-corrected chi connectivity index (χ2v) is 5.21. The van der Waals surface area contributed by atoms with E-state index < -0.39 is 0 Å². The van der Waals surface area contributed by atoms with Crippen LogP contribution in [0.3, 0.4) is 0 Å². The summed E-state index contributed by atoms with van der Waals surface area (Å²) < 4.78 is 0. The third kappa shape index (κ3) is 3.22. The van der Waals surface area contributed by atoms with Gasteiger partial charge >= 0.3 is 0 Å². The van der Waals surface area contributed by atoms with Gasteiger partial charge in [0.2, 0.25) is 11.8 Å². The first kappa shape index (κ1) is 13.3. The van der Waals surface area contributed by atoms with Gasteiger partial charge in [-0.25, -0.2) is 0 Å². The molecule has 0 bridgehead atoms. The van der Waals surface area contributed by atoms with Gasteiger partial charge in [-0.15, -0.1) is 0 Å². The Morgan fingerprint density at radius 1 is 1.00 bits per heavy atom. The maximum absolute atomic E-state index is 12.4. The van der Waals surface area contributed by atoms with Crippen LogP contribution in [0.2, 0.25) is 0 Å². The maximum atomic E-state index is 12.4. The summed E-state index contributed by atoms with van der Waals surface area (Å²) in [6.45, 7) is 6.34. The Balaban J connectivity index is 1.84. The first-order valence-corrected chi connectivity index (χ1v) is 6.93. The zero-order chi connectivity index (χ0) is 13.0. The van der Waals surface area contributed by atoms with Crippen molar-refractivity contribution in [2.24, 2.45) is 5.92 Å². The van der Waals surface area contributed by atoms with Gasteiger partial charge in [-0.1, -0.05) is 0 Å². The first-order chi connectivity index (χ1) is 8.68. The largest absolute Gasteiger partial charge is 0.339 e. The molecule has 0 aliphatic carbocycles. The van der Waals surface area contributed by atoms with Crippen molar-refractivity contribution in [2.75, 3.05) is 39.3 Å². The highest BCUT2D eigenvalue weighted by molar-refractivity contribution is 5.79. The molecule has 2 saturated heterocycles. The molecule has 2 heterocycles.